The second-order valence-corrected chi connectivity index (χ2v) is 5.77. The smallest absolute Gasteiger partial charge is 0.0897 e. The lowest BCUT2D eigenvalue weighted by Gasteiger charge is -2.27. The molecule has 114 valence electrons. The lowest BCUT2D eigenvalue weighted by Crippen LogP contribution is -2.33. The summed E-state index contributed by atoms with van der Waals surface area (Å²) in [6, 6.07) is 0. The molecule has 0 spiro atoms. The van der Waals surface area contributed by atoms with Crippen molar-refractivity contribution in [2.24, 2.45) is 5.92 Å². The number of hydrogen-bond donors (Lipinski definition) is 2. The van der Waals surface area contributed by atoms with Crippen LogP contribution in [0.3, 0.4) is 0 Å². The van der Waals surface area contributed by atoms with E-state index in [2.05, 4.69) is 12.2 Å². The van der Waals surface area contributed by atoms with E-state index in [9.17, 15) is 5.11 Å². The Morgan fingerprint density at radius 3 is 2.63 bits per heavy atom. The maximum absolute atomic E-state index is 9.82. The van der Waals surface area contributed by atoms with Gasteiger partial charge in [0, 0.05) is 20.3 Å². The van der Waals surface area contributed by atoms with Crippen LogP contribution in [0.15, 0.2) is 0 Å². The van der Waals surface area contributed by atoms with Crippen LogP contribution in [0, 0.1) is 5.92 Å². The normalized spacial score (nSPS) is 25.4. The third-order valence-corrected chi connectivity index (χ3v) is 3.82. The van der Waals surface area contributed by atoms with Crippen LogP contribution in [0.2, 0.25) is 0 Å². The number of methoxy groups -OCH3 is 1. The van der Waals surface area contributed by atoms with Crippen LogP contribution < -0.4 is 5.32 Å². The molecule has 2 N–H and O–H groups in total. The SMILES string of the molecule is COCCCCNCC(O)COC1CCC(C)CC1. The maximum Gasteiger partial charge on any atom is 0.0897 e. The standard InChI is InChI=1S/C15H31NO3/c1-13-5-7-15(8-6-13)19-12-14(17)11-16-9-3-4-10-18-2/h13-17H,3-12H2,1-2H3. The van der Waals surface area contributed by atoms with Crippen molar-refractivity contribution in [1.29, 1.82) is 0 Å². The van der Waals surface area contributed by atoms with Gasteiger partial charge in [-0.25, -0.2) is 0 Å². The summed E-state index contributed by atoms with van der Waals surface area (Å²) < 4.78 is 10.8. The zero-order valence-electron chi connectivity index (χ0n) is 12.6. The molecule has 0 amide bonds. The molecule has 4 nitrogen and oxygen atoms in total. The first kappa shape index (κ1) is 16.9. The van der Waals surface area contributed by atoms with Crippen molar-refractivity contribution in [3.8, 4) is 0 Å². The molecule has 0 aliphatic heterocycles. The molecule has 4 heteroatoms. The fourth-order valence-corrected chi connectivity index (χ4v) is 2.47. The van der Waals surface area contributed by atoms with Crippen molar-refractivity contribution in [2.75, 3.05) is 33.4 Å². The molecule has 1 rings (SSSR count). The van der Waals surface area contributed by atoms with E-state index in [-0.39, 0.29) is 6.10 Å². The van der Waals surface area contributed by atoms with Gasteiger partial charge in [-0.15, -0.1) is 0 Å². The number of unbranched alkanes of at least 4 members (excludes halogenated alkanes) is 1. The summed E-state index contributed by atoms with van der Waals surface area (Å²) in [7, 11) is 1.72. The summed E-state index contributed by atoms with van der Waals surface area (Å²) in [5.41, 5.74) is 0. The molecule has 1 fully saturated rings. The minimum Gasteiger partial charge on any atom is -0.389 e. The number of nitrogens with one attached hydrogen (secondary N) is 1. The Bertz CT molecular complexity index is 206. The summed E-state index contributed by atoms with van der Waals surface area (Å²) in [4.78, 5) is 0. The first-order valence-electron chi connectivity index (χ1n) is 7.71. The Kier molecular flexibility index (Phi) is 9.43. The zero-order chi connectivity index (χ0) is 13.9. The summed E-state index contributed by atoms with van der Waals surface area (Å²) in [6.07, 6.45) is 6.96. The van der Waals surface area contributed by atoms with Crippen molar-refractivity contribution >= 4 is 0 Å². The van der Waals surface area contributed by atoms with E-state index in [0.717, 1.165) is 44.8 Å². The molecule has 1 unspecified atom stereocenters. The first-order valence-corrected chi connectivity index (χ1v) is 7.71. The van der Waals surface area contributed by atoms with E-state index in [1.54, 1.807) is 7.11 Å². The zero-order valence-corrected chi connectivity index (χ0v) is 12.6. The summed E-state index contributed by atoms with van der Waals surface area (Å²) >= 11 is 0. The fraction of sp³-hybridized carbons (Fsp3) is 1.00. The quantitative estimate of drug-likeness (QED) is 0.597. The molecule has 0 saturated heterocycles. The van der Waals surface area contributed by atoms with Crippen molar-refractivity contribution in [3.63, 3.8) is 0 Å². The van der Waals surface area contributed by atoms with Gasteiger partial charge in [-0.2, -0.15) is 0 Å². The molecule has 0 aromatic heterocycles. The molecule has 1 atom stereocenters. The van der Waals surface area contributed by atoms with Gasteiger partial charge in [0.2, 0.25) is 0 Å². The lowest BCUT2D eigenvalue weighted by molar-refractivity contribution is -0.0277. The van der Waals surface area contributed by atoms with Gasteiger partial charge in [0.05, 0.1) is 18.8 Å². The highest BCUT2D eigenvalue weighted by molar-refractivity contribution is 4.71. The van der Waals surface area contributed by atoms with Gasteiger partial charge in [0.1, 0.15) is 0 Å². The molecule has 0 bridgehead atoms. The van der Waals surface area contributed by atoms with Crippen molar-refractivity contribution in [1.82, 2.24) is 5.32 Å². The molecule has 0 aromatic carbocycles. The van der Waals surface area contributed by atoms with E-state index in [1.807, 2.05) is 0 Å². The van der Waals surface area contributed by atoms with Crippen LogP contribution in [-0.4, -0.2) is 50.7 Å². The van der Waals surface area contributed by atoms with Crippen molar-refractivity contribution < 1.29 is 14.6 Å². The van der Waals surface area contributed by atoms with Crippen molar-refractivity contribution in [2.45, 2.75) is 57.7 Å². The van der Waals surface area contributed by atoms with Gasteiger partial charge in [0.15, 0.2) is 0 Å². The lowest BCUT2D eigenvalue weighted by atomic mass is 9.89. The van der Waals surface area contributed by atoms with Crippen LogP contribution in [-0.2, 0) is 9.47 Å². The molecule has 1 aliphatic rings. The van der Waals surface area contributed by atoms with Crippen LogP contribution in [0.25, 0.3) is 0 Å². The topological polar surface area (TPSA) is 50.7 Å². The van der Waals surface area contributed by atoms with E-state index >= 15 is 0 Å². The number of hydrogen-bond acceptors (Lipinski definition) is 4. The molecule has 1 aliphatic carbocycles. The molecular formula is C15H31NO3. The van der Waals surface area contributed by atoms with E-state index in [0.29, 0.717) is 19.3 Å². The monoisotopic (exact) mass is 273 g/mol. The van der Waals surface area contributed by atoms with Gasteiger partial charge in [-0.1, -0.05) is 6.92 Å². The number of rotatable bonds is 10. The van der Waals surface area contributed by atoms with Crippen LogP contribution in [0.1, 0.15) is 45.4 Å². The van der Waals surface area contributed by atoms with Crippen molar-refractivity contribution in [3.05, 3.63) is 0 Å². The van der Waals surface area contributed by atoms with E-state index < -0.39 is 0 Å². The minimum absolute atomic E-state index is 0.368. The highest BCUT2D eigenvalue weighted by Crippen LogP contribution is 2.25. The van der Waals surface area contributed by atoms with Gasteiger partial charge in [-0.3, -0.25) is 0 Å². The van der Waals surface area contributed by atoms with Crippen LogP contribution in [0.4, 0.5) is 0 Å². The second-order valence-electron chi connectivity index (χ2n) is 5.77. The molecule has 0 radical (unpaired) electrons. The molecular weight excluding hydrogens is 242 g/mol. The van der Waals surface area contributed by atoms with E-state index in [1.165, 1.54) is 12.8 Å². The second kappa shape index (κ2) is 10.6. The van der Waals surface area contributed by atoms with Gasteiger partial charge >= 0.3 is 0 Å². The van der Waals surface area contributed by atoms with Crippen LogP contribution >= 0.6 is 0 Å². The predicted molar refractivity (Wildman–Crippen MR) is 77.4 cm³/mol. The Morgan fingerprint density at radius 1 is 1.21 bits per heavy atom. The molecule has 1 saturated carbocycles. The largest absolute Gasteiger partial charge is 0.389 e. The summed E-state index contributed by atoms with van der Waals surface area (Å²) in [5, 5.41) is 13.1. The Hall–Kier alpha value is -0.160. The third kappa shape index (κ3) is 8.58. The van der Waals surface area contributed by atoms with E-state index in [4.69, 9.17) is 9.47 Å². The average molecular weight is 273 g/mol. The third-order valence-electron chi connectivity index (χ3n) is 3.82. The highest BCUT2D eigenvalue weighted by atomic mass is 16.5. The summed E-state index contributed by atoms with van der Waals surface area (Å²) in [6.45, 7) is 5.13. The first-order chi connectivity index (χ1) is 9.22. The molecule has 19 heavy (non-hydrogen) atoms. The molecule has 0 heterocycles. The Morgan fingerprint density at radius 2 is 1.95 bits per heavy atom. The predicted octanol–water partition coefficient (Wildman–Crippen LogP) is 1.96. The number of aliphatic hydroxyl groups is 1. The highest BCUT2D eigenvalue weighted by Gasteiger charge is 2.19. The van der Waals surface area contributed by atoms with Gasteiger partial charge < -0.3 is 19.9 Å². The Labute approximate surface area is 117 Å². The van der Waals surface area contributed by atoms with Gasteiger partial charge in [0.25, 0.3) is 0 Å². The maximum atomic E-state index is 9.82. The fourth-order valence-electron chi connectivity index (χ4n) is 2.47. The minimum atomic E-state index is -0.387. The van der Waals surface area contributed by atoms with Gasteiger partial charge in [-0.05, 0) is 51.0 Å². The average Bonchev–Trinajstić information content (AvgIpc) is 2.42. The molecule has 0 aromatic rings. The summed E-state index contributed by atoms with van der Waals surface area (Å²) in [5.74, 6) is 0.846. The Balaban J connectivity index is 1.91. The number of aliphatic hydroxyl groups excluding tert-OH is 1. The number of ether oxygens (including phenoxy) is 2. The van der Waals surface area contributed by atoms with Crippen LogP contribution in [0.5, 0.6) is 0 Å².